The first-order chi connectivity index (χ1) is 12.3. The normalized spacial score (nSPS) is 21.0. The Morgan fingerprint density at radius 3 is 2.74 bits per heavy atom. The Morgan fingerprint density at radius 1 is 1.48 bits per heavy atom. The number of carbonyl (C=O) groups is 2. The summed E-state index contributed by atoms with van der Waals surface area (Å²) in [7, 11) is 0. The molecule has 0 aromatic carbocycles. The molecule has 0 spiro atoms. The van der Waals surface area contributed by atoms with E-state index in [2.05, 4.69) is 4.99 Å². The summed E-state index contributed by atoms with van der Waals surface area (Å²) in [6, 6.07) is -1.38. The van der Waals surface area contributed by atoms with Crippen LogP contribution in [0.15, 0.2) is 4.99 Å². The zero-order chi connectivity index (χ0) is 19.7. The first kappa shape index (κ1) is 24.9. The minimum absolute atomic E-state index is 0. The first-order valence-corrected chi connectivity index (χ1v) is 8.69. The van der Waals surface area contributed by atoms with Crippen LogP contribution in [0.4, 0.5) is 0 Å². The highest BCUT2D eigenvalue weighted by atomic mass is 35.5. The number of piperidine rings is 1. The van der Waals surface area contributed by atoms with Crippen molar-refractivity contribution in [1.29, 1.82) is 0 Å². The van der Waals surface area contributed by atoms with Gasteiger partial charge in [0.25, 0.3) is 5.96 Å². The van der Waals surface area contributed by atoms with Crippen LogP contribution in [-0.4, -0.2) is 59.5 Å². The molecular formula is C15H29ClN6O5. The van der Waals surface area contributed by atoms with E-state index in [1.807, 2.05) is 6.92 Å². The van der Waals surface area contributed by atoms with Crippen molar-refractivity contribution in [3.8, 4) is 0 Å². The van der Waals surface area contributed by atoms with Gasteiger partial charge in [-0.15, -0.1) is 12.4 Å². The maximum absolute atomic E-state index is 12.6. The van der Waals surface area contributed by atoms with Crippen LogP contribution in [0.25, 0.3) is 0 Å². The Kier molecular flexibility index (Phi) is 11.3. The Hall–Kier alpha value is -2.14. The van der Waals surface area contributed by atoms with Crippen LogP contribution in [-0.2, 0) is 14.3 Å². The number of esters is 1. The van der Waals surface area contributed by atoms with Gasteiger partial charge in [-0.05, 0) is 38.5 Å². The zero-order valence-corrected chi connectivity index (χ0v) is 16.4. The number of hydrogen-bond donors (Lipinski definition) is 3. The lowest BCUT2D eigenvalue weighted by Gasteiger charge is -2.38. The highest BCUT2D eigenvalue weighted by molar-refractivity contribution is 5.87. The van der Waals surface area contributed by atoms with Gasteiger partial charge in [-0.25, -0.2) is 19.9 Å². The Morgan fingerprint density at radius 2 is 2.15 bits per heavy atom. The van der Waals surface area contributed by atoms with Gasteiger partial charge in [0.2, 0.25) is 5.91 Å². The Labute approximate surface area is 164 Å². The standard InChI is InChI=1S/C15H28N6O5.ClH/c1-3-26-14(23)12-9-10(2)6-8-20(12)13(22)11(16)5-4-7-18-15(17)19-21(24)25;/h10-12H,3-9,16H2,1-2H3,(H3,17,18,19);1H/t10-,11-,12+;/m1./s1. The zero-order valence-electron chi connectivity index (χ0n) is 15.6. The number of hydrazine groups is 1. The fourth-order valence-electron chi connectivity index (χ4n) is 2.84. The van der Waals surface area contributed by atoms with E-state index in [1.165, 1.54) is 4.90 Å². The monoisotopic (exact) mass is 408 g/mol. The number of halogens is 1. The third kappa shape index (κ3) is 8.39. The van der Waals surface area contributed by atoms with Crippen LogP contribution in [0.5, 0.6) is 0 Å². The van der Waals surface area contributed by atoms with Gasteiger partial charge in [-0.3, -0.25) is 4.79 Å². The van der Waals surface area contributed by atoms with Crippen molar-refractivity contribution in [3.05, 3.63) is 10.1 Å². The van der Waals surface area contributed by atoms with Gasteiger partial charge in [0, 0.05) is 13.1 Å². The molecule has 1 rings (SSSR count). The van der Waals surface area contributed by atoms with Gasteiger partial charge in [-0.1, -0.05) is 12.3 Å². The molecule has 1 aliphatic rings. The smallest absolute Gasteiger partial charge is 0.328 e. The number of nitrogens with two attached hydrogens (primary N) is 2. The van der Waals surface area contributed by atoms with Crippen molar-refractivity contribution in [1.82, 2.24) is 10.3 Å². The lowest BCUT2D eigenvalue weighted by atomic mass is 9.91. The molecule has 27 heavy (non-hydrogen) atoms. The molecule has 0 bridgehead atoms. The van der Waals surface area contributed by atoms with E-state index in [0.29, 0.717) is 31.7 Å². The second kappa shape index (κ2) is 12.3. The van der Waals surface area contributed by atoms with Crippen LogP contribution in [0.1, 0.15) is 39.5 Å². The molecule has 5 N–H and O–H groups in total. The van der Waals surface area contributed by atoms with Crippen molar-refractivity contribution in [2.45, 2.75) is 51.6 Å². The van der Waals surface area contributed by atoms with E-state index in [4.69, 9.17) is 16.2 Å². The summed E-state index contributed by atoms with van der Waals surface area (Å²) >= 11 is 0. The lowest BCUT2D eigenvalue weighted by molar-refractivity contribution is -0.525. The van der Waals surface area contributed by atoms with Crippen molar-refractivity contribution >= 4 is 30.2 Å². The van der Waals surface area contributed by atoms with Gasteiger partial charge in [0.05, 0.1) is 12.6 Å². The average molecular weight is 409 g/mol. The molecular weight excluding hydrogens is 380 g/mol. The third-order valence-corrected chi connectivity index (χ3v) is 4.18. The highest BCUT2D eigenvalue weighted by Crippen LogP contribution is 2.24. The number of rotatable bonds is 8. The number of guanidine groups is 1. The number of ether oxygens (including phenoxy) is 1. The third-order valence-electron chi connectivity index (χ3n) is 4.18. The van der Waals surface area contributed by atoms with Crippen molar-refractivity contribution in [2.24, 2.45) is 22.4 Å². The summed E-state index contributed by atoms with van der Waals surface area (Å²) in [6.07, 6.45) is 2.13. The van der Waals surface area contributed by atoms with E-state index in [-0.39, 0.29) is 37.4 Å². The molecule has 0 saturated carbocycles. The topological polar surface area (TPSA) is 166 Å². The second-order valence-electron chi connectivity index (χ2n) is 6.31. The number of aliphatic imine (C=N–C) groups is 1. The van der Waals surface area contributed by atoms with Gasteiger partial charge in [0.15, 0.2) is 5.03 Å². The molecule has 0 aromatic heterocycles. The summed E-state index contributed by atoms with van der Waals surface area (Å²) in [5, 5.41) is 9.39. The minimum atomic E-state index is -0.805. The Bertz CT molecular complexity index is 547. The van der Waals surface area contributed by atoms with E-state index in [0.717, 1.165) is 6.42 Å². The summed E-state index contributed by atoms with van der Waals surface area (Å²) in [4.78, 5) is 40.3. The summed E-state index contributed by atoms with van der Waals surface area (Å²) < 4.78 is 5.08. The number of amides is 1. The van der Waals surface area contributed by atoms with E-state index < -0.39 is 23.1 Å². The fourth-order valence-corrected chi connectivity index (χ4v) is 2.84. The van der Waals surface area contributed by atoms with Crippen molar-refractivity contribution in [3.63, 3.8) is 0 Å². The molecule has 0 unspecified atom stereocenters. The van der Waals surface area contributed by atoms with E-state index in [9.17, 15) is 19.7 Å². The molecule has 11 nitrogen and oxygen atoms in total. The van der Waals surface area contributed by atoms with Crippen LogP contribution in [0, 0.1) is 16.0 Å². The van der Waals surface area contributed by atoms with Crippen LogP contribution >= 0.6 is 12.4 Å². The maximum atomic E-state index is 12.6. The molecule has 1 saturated heterocycles. The van der Waals surface area contributed by atoms with Crippen LogP contribution in [0.2, 0.25) is 0 Å². The number of likely N-dealkylation sites (tertiary alicyclic amines) is 1. The molecule has 1 heterocycles. The molecule has 1 aliphatic heterocycles. The minimum Gasteiger partial charge on any atom is -0.464 e. The largest absolute Gasteiger partial charge is 0.464 e. The van der Waals surface area contributed by atoms with Gasteiger partial charge < -0.3 is 21.1 Å². The van der Waals surface area contributed by atoms with Crippen LogP contribution in [0.3, 0.4) is 0 Å². The molecule has 0 aromatic rings. The number of hydrogen-bond acceptors (Lipinski definition) is 7. The number of nitro groups is 1. The van der Waals surface area contributed by atoms with Gasteiger partial charge in [0.1, 0.15) is 6.04 Å². The predicted octanol–water partition coefficient (Wildman–Crippen LogP) is -0.198. The average Bonchev–Trinajstić information content (AvgIpc) is 2.57. The molecule has 1 amide bonds. The quantitative estimate of drug-likeness (QED) is 0.124. The molecule has 12 heteroatoms. The van der Waals surface area contributed by atoms with Crippen molar-refractivity contribution in [2.75, 3.05) is 19.7 Å². The molecule has 0 radical (unpaired) electrons. The SMILES string of the molecule is CCOC(=O)[C@@H]1C[C@H](C)CCN1C(=O)[C@H](N)CCCN=C(N)N[N+](=O)[O-].Cl. The predicted molar refractivity (Wildman–Crippen MR) is 102 cm³/mol. The Balaban J connectivity index is 0.00000676. The van der Waals surface area contributed by atoms with Crippen LogP contribution < -0.4 is 16.9 Å². The molecule has 156 valence electrons. The first-order valence-electron chi connectivity index (χ1n) is 8.69. The summed E-state index contributed by atoms with van der Waals surface area (Å²) in [5.41, 5.74) is 13.0. The number of nitrogens with zero attached hydrogens (tertiary/aromatic N) is 3. The molecule has 0 aliphatic carbocycles. The summed E-state index contributed by atoms with van der Waals surface area (Å²) in [5.74, 6) is -0.670. The second-order valence-corrected chi connectivity index (χ2v) is 6.31. The lowest BCUT2D eigenvalue weighted by Crippen LogP contribution is -2.55. The van der Waals surface area contributed by atoms with Gasteiger partial charge >= 0.3 is 5.97 Å². The fraction of sp³-hybridized carbons (Fsp3) is 0.800. The number of nitrogens with one attached hydrogen (secondary N) is 1. The maximum Gasteiger partial charge on any atom is 0.328 e. The molecule has 1 fully saturated rings. The van der Waals surface area contributed by atoms with Crippen molar-refractivity contribution < 1.29 is 19.4 Å². The van der Waals surface area contributed by atoms with E-state index in [1.54, 1.807) is 12.3 Å². The summed E-state index contributed by atoms with van der Waals surface area (Å²) in [6.45, 7) is 4.69. The highest BCUT2D eigenvalue weighted by Gasteiger charge is 2.37. The number of carbonyl (C=O) groups excluding carboxylic acids is 2. The van der Waals surface area contributed by atoms with Gasteiger partial charge in [-0.2, -0.15) is 0 Å². The molecule has 3 atom stereocenters. The van der Waals surface area contributed by atoms with E-state index >= 15 is 0 Å².